The van der Waals surface area contributed by atoms with Crippen LogP contribution in [0.5, 0.6) is 0 Å². The maximum Gasteiger partial charge on any atom is 0.340 e. The van der Waals surface area contributed by atoms with E-state index in [-0.39, 0.29) is 29.1 Å². The van der Waals surface area contributed by atoms with Gasteiger partial charge in [-0.1, -0.05) is 0 Å². The van der Waals surface area contributed by atoms with Crippen molar-refractivity contribution >= 4 is 43.8 Å². The fourth-order valence-electron chi connectivity index (χ4n) is 5.30. The lowest BCUT2D eigenvalue weighted by molar-refractivity contribution is -0.0483. The van der Waals surface area contributed by atoms with E-state index < -0.39 is 52.2 Å². The van der Waals surface area contributed by atoms with E-state index in [0.717, 1.165) is 12.8 Å². The number of hydrogen-bond donors (Lipinski definition) is 6. The molecule has 3 aliphatic rings. The molecular weight excluding hydrogens is 544 g/mol. The Morgan fingerprint density at radius 3 is 2.39 bits per heavy atom. The summed E-state index contributed by atoms with van der Waals surface area (Å²) in [6.07, 6.45) is -1.68. The van der Waals surface area contributed by atoms with E-state index in [4.69, 9.17) is 30.6 Å². The van der Waals surface area contributed by atoms with Crippen LogP contribution in [-0.2, 0) is 18.4 Å². The zero-order valence-electron chi connectivity index (χ0n) is 18.7. The molecule has 5 heterocycles. The van der Waals surface area contributed by atoms with Crippen LogP contribution < -0.4 is 4.90 Å². The van der Waals surface area contributed by atoms with Gasteiger partial charge < -0.3 is 44.2 Å². The fraction of sp³-hybridized carbons (Fsp3) is 0.722. The van der Waals surface area contributed by atoms with Crippen LogP contribution in [0.15, 0.2) is 6.33 Å². The third-order valence-corrected chi connectivity index (χ3v) is 10.4. The van der Waals surface area contributed by atoms with Gasteiger partial charge in [-0.3, -0.25) is 13.7 Å². The van der Waals surface area contributed by atoms with Gasteiger partial charge in [0.05, 0.1) is 19.0 Å². The SMILES string of the molecule is O=P(O)(O)CP(=O)(O)OC[C@H]1O[C@@H](n2cnc3c(N4C5CCC4CC(O)C5)nc(Cl)nc32)[C@@H](O)[C@H]1O. The van der Waals surface area contributed by atoms with E-state index in [2.05, 4.69) is 19.9 Å². The van der Waals surface area contributed by atoms with Crippen molar-refractivity contribution in [1.82, 2.24) is 19.5 Å². The summed E-state index contributed by atoms with van der Waals surface area (Å²) in [4.78, 5) is 42.7. The largest absolute Gasteiger partial charge is 0.393 e. The Balaban J connectivity index is 1.39. The van der Waals surface area contributed by atoms with Crippen molar-refractivity contribution in [3.05, 3.63) is 11.6 Å². The monoisotopic (exact) mass is 569 g/mol. The standard InChI is InChI=1S/C18H26ClN5O10P2/c19-18-21-15-12(16(22-18)24-8-1-2-9(24)4-10(25)3-8)20-6-23(15)17-14(27)13(26)11(34-17)5-33-36(31,32)7-35(28,29)30/h6,8-11,13-14,17,25-27H,1-5,7H2,(H,31,32)(H2,28,29,30)/t8?,9?,10?,11-,13+,14+,17-/m1/s1. The molecule has 5 rings (SSSR count). The summed E-state index contributed by atoms with van der Waals surface area (Å²) in [7, 11) is -9.52. The van der Waals surface area contributed by atoms with Crippen LogP contribution in [0.4, 0.5) is 5.82 Å². The number of aromatic nitrogens is 4. The van der Waals surface area contributed by atoms with Crippen molar-refractivity contribution in [1.29, 1.82) is 0 Å². The van der Waals surface area contributed by atoms with Crippen molar-refractivity contribution in [2.75, 3.05) is 17.4 Å². The molecule has 18 heteroatoms. The number of fused-ring (bicyclic) bond motifs is 3. The van der Waals surface area contributed by atoms with Gasteiger partial charge in [0.2, 0.25) is 5.28 Å². The number of nitrogens with zero attached hydrogens (tertiary/aromatic N) is 5. The lowest BCUT2D eigenvalue weighted by Crippen LogP contribution is -2.45. The Kier molecular flexibility index (Phi) is 6.97. The number of aliphatic hydroxyl groups excluding tert-OH is 3. The minimum Gasteiger partial charge on any atom is -0.393 e. The molecule has 7 atom stereocenters. The van der Waals surface area contributed by atoms with Gasteiger partial charge in [-0.15, -0.1) is 0 Å². The normalized spacial score (nSPS) is 34.4. The molecule has 6 N–H and O–H groups in total. The van der Waals surface area contributed by atoms with Gasteiger partial charge in [0.25, 0.3) is 0 Å². The molecule has 36 heavy (non-hydrogen) atoms. The molecule has 0 saturated carbocycles. The molecule has 3 unspecified atom stereocenters. The molecule has 2 aromatic heterocycles. The predicted octanol–water partition coefficient (Wildman–Crippen LogP) is -0.0718. The fourth-order valence-corrected chi connectivity index (χ4v) is 8.03. The summed E-state index contributed by atoms with van der Waals surface area (Å²) in [5.74, 6) is -0.899. The van der Waals surface area contributed by atoms with Crippen LogP contribution in [0.1, 0.15) is 31.9 Å². The number of halogens is 1. The third-order valence-electron chi connectivity index (χ3n) is 6.74. The van der Waals surface area contributed by atoms with Crippen LogP contribution >= 0.6 is 26.8 Å². The number of imidazole rings is 1. The Hall–Kier alpha value is -1.22. The van der Waals surface area contributed by atoms with Crippen molar-refractivity contribution in [3.8, 4) is 0 Å². The maximum atomic E-state index is 11.9. The van der Waals surface area contributed by atoms with E-state index in [1.807, 2.05) is 0 Å². The first-order valence-electron chi connectivity index (χ1n) is 11.2. The Morgan fingerprint density at radius 1 is 1.08 bits per heavy atom. The summed E-state index contributed by atoms with van der Waals surface area (Å²) in [6, 6.07) is 0.133. The topological polar surface area (TPSA) is 221 Å². The lowest BCUT2D eigenvalue weighted by Gasteiger charge is -2.38. The highest BCUT2D eigenvalue weighted by Crippen LogP contribution is 2.55. The molecule has 200 valence electrons. The quantitative estimate of drug-likeness (QED) is 0.190. The molecular formula is C18H26ClN5O10P2. The van der Waals surface area contributed by atoms with E-state index in [1.165, 1.54) is 10.9 Å². The van der Waals surface area contributed by atoms with Gasteiger partial charge in [0.1, 0.15) is 18.3 Å². The average Bonchev–Trinajstić information content (AvgIpc) is 3.38. The van der Waals surface area contributed by atoms with Gasteiger partial charge in [0.15, 0.2) is 29.1 Å². The molecule has 0 aliphatic carbocycles. The van der Waals surface area contributed by atoms with Gasteiger partial charge in [-0.05, 0) is 37.3 Å². The second-order valence-electron chi connectivity index (χ2n) is 9.34. The number of piperidine rings is 1. The number of anilines is 1. The zero-order chi connectivity index (χ0) is 26.0. The Labute approximate surface area is 209 Å². The van der Waals surface area contributed by atoms with Crippen molar-refractivity contribution < 1.29 is 48.4 Å². The van der Waals surface area contributed by atoms with E-state index >= 15 is 0 Å². The van der Waals surface area contributed by atoms with Crippen LogP contribution in [0.2, 0.25) is 5.28 Å². The summed E-state index contributed by atoms with van der Waals surface area (Å²) in [6.45, 7) is -0.713. The number of ether oxygens (including phenoxy) is 1. The van der Waals surface area contributed by atoms with Crippen LogP contribution in [-0.4, -0.2) is 98.5 Å². The smallest absolute Gasteiger partial charge is 0.340 e. The summed E-state index contributed by atoms with van der Waals surface area (Å²) < 4.78 is 34.7. The van der Waals surface area contributed by atoms with Gasteiger partial charge in [0, 0.05) is 12.1 Å². The van der Waals surface area contributed by atoms with Gasteiger partial charge in [-0.25, -0.2) is 4.98 Å². The van der Waals surface area contributed by atoms with Crippen molar-refractivity contribution in [2.24, 2.45) is 0 Å². The molecule has 2 aromatic rings. The van der Waals surface area contributed by atoms with E-state index in [0.29, 0.717) is 24.2 Å². The molecule has 15 nitrogen and oxygen atoms in total. The minimum atomic E-state index is -4.83. The summed E-state index contributed by atoms with van der Waals surface area (Å²) in [5.41, 5.74) is 0.613. The van der Waals surface area contributed by atoms with E-state index in [9.17, 15) is 29.3 Å². The number of rotatable bonds is 7. The first-order valence-corrected chi connectivity index (χ1v) is 15.2. The Bertz CT molecular complexity index is 1230. The predicted molar refractivity (Wildman–Crippen MR) is 123 cm³/mol. The Morgan fingerprint density at radius 2 is 1.75 bits per heavy atom. The molecule has 0 radical (unpaired) electrons. The first-order chi connectivity index (χ1) is 16.8. The molecule has 3 fully saturated rings. The summed E-state index contributed by atoms with van der Waals surface area (Å²) in [5, 5.41) is 31.1. The van der Waals surface area contributed by atoms with Gasteiger partial charge >= 0.3 is 15.2 Å². The molecule has 0 aromatic carbocycles. The average molecular weight is 570 g/mol. The summed E-state index contributed by atoms with van der Waals surface area (Å²) >= 11 is 6.23. The second-order valence-corrected chi connectivity index (χ2v) is 13.7. The molecule has 0 amide bonds. The second kappa shape index (κ2) is 9.51. The highest BCUT2D eigenvalue weighted by atomic mass is 35.5. The molecule has 2 bridgehead atoms. The lowest BCUT2D eigenvalue weighted by atomic mass is 10.00. The zero-order valence-corrected chi connectivity index (χ0v) is 21.2. The number of hydrogen-bond acceptors (Lipinski definition) is 11. The molecule has 0 spiro atoms. The van der Waals surface area contributed by atoms with Crippen molar-refractivity contribution in [3.63, 3.8) is 0 Å². The molecule has 3 aliphatic heterocycles. The highest BCUT2D eigenvalue weighted by molar-refractivity contribution is 7.70. The third kappa shape index (κ3) is 5.07. The maximum absolute atomic E-state index is 11.9. The minimum absolute atomic E-state index is 0.0667. The van der Waals surface area contributed by atoms with Crippen LogP contribution in [0.3, 0.4) is 0 Å². The highest BCUT2D eigenvalue weighted by Gasteiger charge is 2.47. The van der Waals surface area contributed by atoms with Crippen LogP contribution in [0, 0.1) is 0 Å². The van der Waals surface area contributed by atoms with Crippen LogP contribution in [0.25, 0.3) is 11.2 Å². The number of aliphatic hydroxyl groups is 3. The van der Waals surface area contributed by atoms with Crippen molar-refractivity contribution in [2.45, 2.75) is 68.4 Å². The van der Waals surface area contributed by atoms with Gasteiger partial charge in [-0.2, -0.15) is 9.97 Å². The first kappa shape index (κ1) is 26.4. The van der Waals surface area contributed by atoms with E-state index in [1.54, 1.807) is 0 Å². The molecule has 3 saturated heterocycles.